The maximum absolute atomic E-state index is 12.7. The van der Waals surface area contributed by atoms with Gasteiger partial charge in [-0.05, 0) is 53.3 Å². The molecule has 0 atom stereocenters. The summed E-state index contributed by atoms with van der Waals surface area (Å²) >= 11 is 1.55. The van der Waals surface area contributed by atoms with Gasteiger partial charge < -0.3 is 10.4 Å². The van der Waals surface area contributed by atoms with E-state index in [4.69, 9.17) is 0 Å². The summed E-state index contributed by atoms with van der Waals surface area (Å²) < 4.78 is 39.2. The lowest BCUT2D eigenvalue weighted by Gasteiger charge is -2.09. The Kier molecular flexibility index (Phi) is 5.41. The molecule has 2 N–H and O–H groups in total. The summed E-state index contributed by atoms with van der Waals surface area (Å²) in [6.07, 6.45) is -3.27. The number of fused-ring (bicyclic) bond motifs is 1. The molecule has 1 heterocycles. The summed E-state index contributed by atoms with van der Waals surface area (Å²) in [5.74, 6) is 0.0313. The molecule has 0 saturated carbocycles. The van der Waals surface area contributed by atoms with Crippen LogP contribution in [0.1, 0.15) is 28.5 Å². The van der Waals surface area contributed by atoms with Crippen LogP contribution in [0.15, 0.2) is 42.5 Å². The van der Waals surface area contributed by atoms with Crippen molar-refractivity contribution in [3.8, 4) is 5.75 Å². The zero-order valence-corrected chi connectivity index (χ0v) is 15.4. The number of halogens is 3. The van der Waals surface area contributed by atoms with Gasteiger partial charge in [-0.3, -0.25) is 4.79 Å². The summed E-state index contributed by atoms with van der Waals surface area (Å²) in [5.41, 5.74) is 1.11. The van der Waals surface area contributed by atoms with Crippen LogP contribution in [0.25, 0.3) is 10.1 Å². The van der Waals surface area contributed by atoms with E-state index in [0.717, 1.165) is 38.2 Å². The second-order valence-electron chi connectivity index (χ2n) is 6.29. The van der Waals surface area contributed by atoms with Crippen LogP contribution < -0.4 is 5.32 Å². The van der Waals surface area contributed by atoms with E-state index in [2.05, 4.69) is 5.32 Å². The molecule has 0 aliphatic rings. The molecule has 27 heavy (non-hydrogen) atoms. The molecular weight excluding hydrogens is 375 g/mol. The van der Waals surface area contributed by atoms with Gasteiger partial charge in [-0.2, -0.15) is 13.2 Å². The monoisotopic (exact) mass is 393 g/mol. The summed E-state index contributed by atoms with van der Waals surface area (Å²) in [6.45, 7) is 1.90. The first-order chi connectivity index (χ1) is 12.7. The Morgan fingerprint density at radius 3 is 2.48 bits per heavy atom. The van der Waals surface area contributed by atoms with Crippen molar-refractivity contribution in [2.45, 2.75) is 25.9 Å². The van der Waals surface area contributed by atoms with Crippen molar-refractivity contribution in [3.63, 3.8) is 0 Å². The fraction of sp³-hybridized carbons (Fsp3) is 0.250. The molecule has 2 aromatic carbocycles. The van der Waals surface area contributed by atoms with Gasteiger partial charge in [0.1, 0.15) is 5.75 Å². The van der Waals surface area contributed by atoms with Crippen LogP contribution in [0.2, 0.25) is 0 Å². The number of aromatic hydroxyl groups is 1. The number of rotatable bonds is 5. The maximum atomic E-state index is 12.7. The Balaban J connectivity index is 1.91. The van der Waals surface area contributed by atoms with Gasteiger partial charge in [0.25, 0.3) is 0 Å². The van der Waals surface area contributed by atoms with Gasteiger partial charge in [0.05, 0.1) is 5.56 Å². The third-order valence-electron chi connectivity index (χ3n) is 4.25. The van der Waals surface area contributed by atoms with Crippen LogP contribution in [0.5, 0.6) is 5.75 Å². The number of benzene rings is 2. The molecule has 0 radical (unpaired) electrons. The van der Waals surface area contributed by atoms with E-state index in [-0.39, 0.29) is 11.7 Å². The topological polar surface area (TPSA) is 49.3 Å². The second kappa shape index (κ2) is 7.60. The van der Waals surface area contributed by atoms with Gasteiger partial charge in [0.2, 0.25) is 5.91 Å². The van der Waals surface area contributed by atoms with Crippen molar-refractivity contribution in [1.82, 2.24) is 5.32 Å². The van der Waals surface area contributed by atoms with Crippen molar-refractivity contribution in [3.05, 3.63) is 64.0 Å². The Morgan fingerprint density at radius 2 is 1.85 bits per heavy atom. The zero-order chi connectivity index (χ0) is 19.6. The molecule has 0 fully saturated rings. The van der Waals surface area contributed by atoms with Gasteiger partial charge >= 0.3 is 6.18 Å². The molecular formula is C20H18F3NO2S. The lowest BCUT2D eigenvalue weighted by atomic mass is 10.0. The number of amides is 1. The molecule has 0 aliphatic heterocycles. The smallest absolute Gasteiger partial charge is 0.416 e. The fourth-order valence-corrected chi connectivity index (χ4v) is 4.23. The van der Waals surface area contributed by atoms with Crippen molar-refractivity contribution < 1.29 is 23.1 Å². The van der Waals surface area contributed by atoms with Crippen molar-refractivity contribution >= 4 is 27.3 Å². The predicted molar refractivity (Wildman–Crippen MR) is 100 cm³/mol. The normalized spacial score (nSPS) is 11.7. The van der Waals surface area contributed by atoms with Gasteiger partial charge in [0.15, 0.2) is 0 Å². The number of nitrogens with one attached hydrogen (secondary N) is 1. The molecule has 1 aromatic heterocycles. The SMILES string of the molecule is CC(=O)NCCc1c(Cc2ccc(C(F)(F)F)cc2)sc2ccc(O)cc12. The molecule has 0 unspecified atom stereocenters. The highest BCUT2D eigenvalue weighted by molar-refractivity contribution is 7.19. The highest BCUT2D eigenvalue weighted by Gasteiger charge is 2.30. The number of phenolic OH excluding ortho intramolecular Hbond substituents is 1. The third kappa shape index (κ3) is 4.60. The Morgan fingerprint density at radius 1 is 1.15 bits per heavy atom. The van der Waals surface area contributed by atoms with Gasteiger partial charge in [-0.1, -0.05) is 12.1 Å². The molecule has 3 nitrogen and oxygen atoms in total. The van der Waals surface area contributed by atoms with E-state index in [1.54, 1.807) is 23.5 Å². The molecule has 3 rings (SSSR count). The van der Waals surface area contributed by atoms with E-state index < -0.39 is 11.7 Å². The Labute approximate surface area is 158 Å². The Hall–Kier alpha value is -2.54. The second-order valence-corrected chi connectivity index (χ2v) is 7.43. The van der Waals surface area contributed by atoms with Crippen LogP contribution in [-0.2, 0) is 23.8 Å². The third-order valence-corrected chi connectivity index (χ3v) is 5.47. The van der Waals surface area contributed by atoms with Crippen LogP contribution in [0.3, 0.4) is 0 Å². The van der Waals surface area contributed by atoms with Crippen LogP contribution in [0, 0.1) is 0 Å². The summed E-state index contributed by atoms with van der Waals surface area (Å²) in [5, 5.41) is 13.5. The lowest BCUT2D eigenvalue weighted by Crippen LogP contribution is -2.22. The summed E-state index contributed by atoms with van der Waals surface area (Å²) in [4.78, 5) is 12.2. The van der Waals surface area contributed by atoms with Crippen molar-refractivity contribution in [2.24, 2.45) is 0 Å². The van der Waals surface area contributed by atoms with Crippen molar-refractivity contribution in [1.29, 1.82) is 0 Å². The highest BCUT2D eigenvalue weighted by atomic mass is 32.1. The van der Waals surface area contributed by atoms with E-state index >= 15 is 0 Å². The average molecular weight is 393 g/mol. The molecule has 0 spiro atoms. The predicted octanol–water partition coefficient (Wildman–Crippen LogP) is 4.90. The minimum absolute atomic E-state index is 0.123. The molecule has 1 amide bonds. The quantitative estimate of drug-likeness (QED) is 0.648. The summed E-state index contributed by atoms with van der Waals surface area (Å²) in [6, 6.07) is 10.3. The molecule has 7 heteroatoms. The van der Waals surface area contributed by atoms with E-state index in [9.17, 15) is 23.1 Å². The number of carbonyl (C=O) groups excluding carboxylic acids is 1. The van der Waals surface area contributed by atoms with Gasteiger partial charge in [-0.25, -0.2) is 0 Å². The minimum Gasteiger partial charge on any atom is -0.508 e. The maximum Gasteiger partial charge on any atom is 0.416 e. The molecule has 0 aliphatic carbocycles. The average Bonchev–Trinajstić information content (AvgIpc) is 2.91. The lowest BCUT2D eigenvalue weighted by molar-refractivity contribution is -0.137. The number of thiophene rings is 1. The Bertz CT molecular complexity index is 962. The standard InChI is InChI=1S/C20H18F3NO2S/c1-12(25)24-9-8-16-17-11-15(26)6-7-18(17)27-19(16)10-13-2-4-14(5-3-13)20(21,22)23/h2-7,11,26H,8-10H2,1H3,(H,24,25). The van der Waals surface area contributed by atoms with Crippen LogP contribution in [0.4, 0.5) is 13.2 Å². The number of alkyl halides is 3. The van der Waals surface area contributed by atoms with E-state index in [1.807, 2.05) is 6.07 Å². The fourth-order valence-electron chi connectivity index (χ4n) is 2.96. The van der Waals surface area contributed by atoms with Crippen LogP contribution in [-0.4, -0.2) is 17.6 Å². The largest absolute Gasteiger partial charge is 0.508 e. The highest BCUT2D eigenvalue weighted by Crippen LogP contribution is 2.36. The van der Waals surface area contributed by atoms with Crippen molar-refractivity contribution in [2.75, 3.05) is 6.54 Å². The molecule has 0 bridgehead atoms. The van der Waals surface area contributed by atoms with E-state index in [0.29, 0.717) is 19.4 Å². The number of hydrogen-bond donors (Lipinski definition) is 2. The first-order valence-corrected chi connectivity index (χ1v) is 9.19. The molecule has 3 aromatic rings. The first kappa shape index (κ1) is 19.2. The summed E-state index contributed by atoms with van der Waals surface area (Å²) in [7, 11) is 0. The van der Waals surface area contributed by atoms with Gasteiger partial charge in [-0.15, -0.1) is 11.3 Å². The van der Waals surface area contributed by atoms with E-state index in [1.165, 1.54) is 19.1 Å². The molecule has 142 valence electrons. The first-order valence-electron chi connectivity index (χ1n) is 8.38. The number of phenols is 1. The number of carbonyl (C=O) groups is 1. The van der Waals surface area contributed by atoms with Gasteiger partial charge in [0, 0.05) is 29.5 Å². The number of hydrogen-bond acceptors (Lipinski definition) is 3. The van der Waals surface area contributed by atoms with Crippen LogP contribution >= 0.6 is 11.3 Å². The zero-order valence-electron chi connectivity index (χ0n) is 14.6. The minimum atomic E-state index is -4.35. The molecule has 0 saturated heterocycles.